The quantitative estimate of drug-likeness (QED) is 0.565. The summed E-state index contributed by atoms with van der Waals surface area (Å²) in [6.45, 7) is 2.26. The Labute approximate surface area is 52.7 Å². The maximum absolute atomic E-state index is 12.5. The second-order valence-corrected chi connectivity index (χ2v) is 2.38. The summed E-state index contributed by atoms with van der Waals surface area (Å²) in [5, 5.41) is 8.15. The number of carbonyl (C=O) groups is 1. The highest BCUT2D eigenvalue weighted by atomic mass is 18.2. The molecule has 1 atom stereocenters. The van der Waals surface area contributed by atoms with Crippen molar-refractivity contribution < 1.29 is 14.3 Å². The summed E-state index contributed by atoms with van der Waals surface area (Å²) in [6.07, 6.45) is 0. The second kappa shape index (κ2) is 2.31. The van der Waals surface area contributed by atoms with Gasteiger partial charge in [-0.1, -0.05) is 0 Å². The first-order valence-electron chi connectivity index (χ1n) is 2.53. The van der Waals surface area contributed by atoms with Gasteiger partial charge in [0.25, 0.3) is 0 Å². The fourth-order valence-electron chi connectivity index (χ4n) is 0.294. The molecule has 0 amide bonds. The molecule has 3 nitrogen and oxygen atoms in total. The molecule has 54 valence electrons. The van der Waals surface area contributed by atoms with E-state index in [9.17, 15) is 9.18 Å². The number of carboxylic acids is 1. The molecule has 0 aliphatic heterocycles. The average Bonchev–Trinajstić information content (AvgIpc) is 1.62. The van der Waals surface area contributed by atoms with Crippen molar-refractivity contribution in [2.45, 2.75) is 25.6 Å². The highest BCUT2D eigenvalue weighted by molar-refractivity contribution is 5.74. The zero-order valence-electron chi connectivity index (χ0n) is 5.39. The van der Waals surface area contributed by atoms with E-state index in [-0.39, 0.29) is 0 Å². The lowest BCUT2D eigenvalue weighted by Crippen LogP contribution is -2.45. The number of alkyl halides is 1. The van der Waals surface area contributed by atoms with Crippen molar-refractivity contribution in [3.63, 3.8) is 0 Å². The van der Waals surface area contributed by atoms with Gasteiger partial charge >= 0.3 is 5.97 Å². The van der Waals surface area contributed by atoms with Crippen LogP contribution in [0.4, 0.5) is 4.39 Å². The molecule has 0 fully saturated rings. The van der Waals surface area contributed by atoms with Crippen LogP contribution in [0.5, 0.6) is 0 Å². The summed E-state index contributed by atoms with van der Waals surface area (Å²) in [7, 11) is 0. The van der Waals surface area contributed by atoms with Crippen LogP contribution in [-0.4, -0.2) is 22.8 Å². The van der Waals surface area contributed by atoms with Crippen LogP contribution >= 0.6 is 0 Å². The smallest absolute Gasteiger partial charge is 0.323 e. The van der Waals surface area contributed by atoms with Crippen LogP contribution in [0, 0.1) is 0 Å². The number of hydrogen-bond donors (Lipinski definition) is 2. The van der Waals surface area contributed by atoms with Gasteiger partial charge in [-0.3, -0.25) is 4.79 Å². The monoisotopic (exact) mass is 134 g/mol. The maximum atomic E-state index is 12.5. The SMILES string of the molecule is CC(C)([18F])[C@H](N)C(=O)O. The minimum Gasteiger partial charge on any atom is -0.480 e. The van der Waals surface area contributed by atoms with E-state index in [1.54, 1.807) is 0 Å². The van der Waals surface area contributed by atoms with E-state index in [4.69, 9.17) is 10.8 Å². The van der Waals surface area contributed by atoms with Crippen LogP contribution in [-0.2, 0) is 4.79 Å². The third-order valence-corrected chi connectivity index (χ3v) is 1.01. The first-order valence-corrected chi connectivity index (χ1v) is 2.53. The molecule has 3 N–H and O–H groups in total. The predicted octanol–water partition coefficient (Wildman–Crippen LogP) is 0.146. The van der Waals surface area contributed by atoms with Gasteiger partial charge in [0.05, 0.1) is 0 Å². The van der Waals surface area contributed by atoms with Crippen molar-refractivity contribution in [1.29, 1.82) is 0 Å². The molecule has 0 bridgehead atoms. The topological polar surface area (TPSA) is 63.3 Å². The standard InChI is InChI=1S/C5H10FNO2/c1-5(2,6)3(7)4(8)9/h3H,7H2,1-2H3,(H,8,9)/t3-/m1/s1/i6-1. The molecule has 0 saturated heterocycles. The number of nitrogens with two attached hydrogens (primary N) is 1. The van der Waals surface area contributed by atoms with E-state index in [0.717, 1.165) is 13.8 Å². The first-order chi connectivity index (χ1) is 3.85. The Hall–Kier alpha value is -0.640. The van der Waals surface area contributed by atoms with Crippen molar-refractivity contribution in [1.82, 2.24) is 0 Å². The molecule has 0 aliphatic rings. The van der Waals surface area contributed by atoms with E-state index < -0.39 is 17.7 Å². The molecule has 4 heteroatoms. The minimum absolute atomic E-state index is 1.13. The fraction of sp³-hybridized carbons (Fsp3) is 0.800. The third-order valence-electron chi connectivity index (χ3n) is 1.01. The Bertz CT molecular complexity index is 119. The van der Waals surface area contributed by atoms with Crippen molar-refractivity contribution >= 4 is 5.97 Å². The Morgan fingerprint density at radius 1 is 1.78 bits per heavy atom. The lowest BCUT2D eigenvalue weighted by Gasteiger charge is -2.17. The highest BCUT2D eigenvalue weighted by Gasteiger charge is 2.31. The van der Waals surface area contributed by atoms with Crippen LogP contribution in [0.1, 0.15) is 13.8 Å². The van der Waals surface area contributed by atoms with Crippen molar-refractivity contribution in [3.8, 4) is 0 Å². The van der Waals surface area contributed by atoms with Crippen LogP contribution in [0.2, 0.25) is 0 Å². The number of aliphatic carboxylic acids is 1. The van der Waals surface area contributed by atoms with Gasteiger partial charge in [0.1, 0.15) is 11.7 Å². The number of carboxylic acid groups (broad SMARTS) is 1. The van der Waals surface area contributed by atoms with Crippen LogP contribution in [0.25, 0.3) is 0 Å². The molecule has 0 spiro atoms. The second-order valence-electron chi connectivity index (χ2n) is 2.38. The van der Waals surface area contributed by atoms with Gasteiger partial charge in [0, 0.05) is 0 Å². The Balaban J connectivity index is 4.04. The molecule has 0 rings (SSSR count). The van der Waals surface area contributed by atoms with E-state index in [1.807, 2.05) is 0 Å². The van der Waals surface area contributed by atoms with Crippen molar-refractivity contribution in [2.24, 2.45) is 5.73 Å². The van der Waals surface area contributed by atoms with Crippen LogP contribution in [0.15, 0.2) is 0 Å². The number of rotatable bonds is 2. The lowest BCUT2D eigenvalue weighted by atomic mass is 10.0. The molecule has 0 heterocycles. The predicted molar refractivity (Wildman–Crippen MR) is 30.8 cm³/mol. The fourth-order valence-corrected chi connectivity index (χ4v) is 0.294. The molecular formula is C5H10FNO2. The van der Waals surface area contributed by atoms with Gasteiger partial charge in [-0.05, 0) is 13.8 Å². The Morgan fingerprint density at radius 2 is 2.11 bits per heavy atom. The van der Waals surface area contributed by atoms with E-state index in [0.29, 0.717) is 0 Å². The summed E-state index contributed by atoms with van der Waals surface area (Å²) in [4.78, 5) is 9.98. The normalized spacial score (nSPS) is 15.1. The van der Waals surface area contributed by atoms with E-state index in [2.05, 4.69) is 0 Å². The van der Waals surface area contributed by atoms with E-state index >= 15 is 0 Å². The van der Waals surface area contributed by atoms with Gasteiger partial charge in [0.15, 0.2) is 0 Å². The summed E-state index contributed by atoms with van der Waals surface area (Å²) in [5.74, 6) is -1.32. The van der Waals surface area contributed by atoms with Crippen LogP contribution < -0.4 is 5.73 Å². The van der Waals surface area contributed by atoms with Crippen molar-refractivity contribution in [3.05, 3.63) is 0 Å². The largest absolute Gasteiger partial charge is 0.480 e. The number of halogens is 1. The maximum Gasteiger partial charge on any atom is 0.323 e. The summed E-state index contributed by atoms with van der Waals surface area (Å²) < 4.78 is 12.5. The summed E-state index contributed by atoms with van der Waals surface area (Å²) in [6, 6.07) is -1.43. The minimum atomic E-state index is -1.84. The zero-order valence-corrected chi connectivity index (χ0v) is 5.39. The van der Waals surface area contributed by atoms with E-state index in [1.165, 1.54) is 0 Å². The van der Waals surface area contributed by atoms with Gasteiger partial charge in [-0.2, -0.15) is 0 Å². The molecule has 0 aromatic rings. The molecule has 0 aromatic carbocycles. The van der Waals surface area contributed by atoms with Gasteiger partial charge in [0.2, 0.25) is 0 Å². The Kier molecular flexibility index (Phi) is 2.14. The first kappa shape index (κ1) is 8.36. The number of hydrogen-bond acceptors (Lipinski definition) is 2. The highest BCUT2D eigenvalue weighted by Crippen LogP contribution is 2.11. The molecule has 0 aliphatic carbocycles. The van der Waals surface area contributed by atoms with Gasteiger partial charge in [-0.25, -0.2) is 4.39 Å². The molecule has 0 radical (unpaired) electrons. The third kappa shape index (κ3) is 2.41. The van der Waals surface area contributed by atoms with Gasteiger partial charge in [-0.15, -0.1) is 0 Å². The van der Waals surface area contributed by atoms with Crippen LogP contribution in [0.3, 0.4) is 0 Å². The molecular weight excluding hydrogens is 124 g/mol. The molecule has 0 aromatic heterocycles. The lowest BCUT2D eigenvalue weighted by molar-refractivity contribution is -0.141. The van der Waals surface area contributed by atoms with Gasteiger partial charge < -0.3 is 10.8 Å². The van der Waals surface area contributed by atoms with Crippen molar-refractivity contribution in [2.75, 3.05) is 0 Å². The summed E-state index contributed by atoms with van der Waals surface area (Å²) >= 11 is 0. The summed E-state index contributed by atoms with van der Waals surface area (Å²) in [5.41, 5.74) is 3.08. The average molecular weight is 134 g/mol. The molecule has 0 unspecified atom stereocenters. The zero-order chi connectivity index (χ0) is 7.65. The molecule has 0 saturated carbocycles. The Morgan fingerprint density at radius 3 is 2.11 bits per heavy atom. The molecule has 9 heavy (non-hydrogen) atoms.